The van der Waals surface area contributed by atoms with E-state index in [9.17, 15) is 0 Å². The van der Waals surface area contributed by atoms with Crippen molar-refractivity contribution in [2.75, 3.05) is 53.2 Å². The number of nitrogens with one attached hydrogen (secondary N) is 2. The number of fused-ring (bicyclic) bond motifs is 1. The zero-order valence-corrected chi connectivity index (χ0v) is 21.2. The summed E-state index contributed by atoms with van der Waals surface area (Å²) >= 11 is 0. The van der Waals surface area contributed by atoms with Crippen molar-refractivity contribution in [3.63, 3.8) is 0 Å². The molecule has 2 aliphatic rings. The second-order valence-corrected chi connectivity index (χ2v) is 8.72. The van der Waals surface area contributed by atoms with E-state index in [4.69, 9.17) is 14.2 Å². The maximum atomic E-state index is 5.53. The molecule has 1 unspecified atom stereocenters. The molecule has 8 heteroatoms. The number of nitrogens with zero attached hydrogens (tertiary/aromatic N) is 2. The van der Waals surface area contributed by atoms with Gasteiger partial charge in [0.25, 0.3) is 0 Å². The van der Waals surface area contributed by atoms with Gasteiger partial charge in [0.1, 0.15) is 0 Å². The SMILES string of the molecule is CN=C(NCC(C(C)C)N1CCOCC1)NCC(C)(C)c1ccc2c(c1)OCO2.I. The lowest BCUT2D eigenvalue weighted by atomic mass is 9.84. The maximum absolute atomic E-state index is 5.53. The molecule has 170 valence electrons. The van der Waals surface area contributed by atoms with Crippen molar-refractivity contribution in [1.82, 2.24) is 15.5 Å². The average molecular weight is 532 g/mol. The zero-order chi connectivity index (χ0) is 20.9. The minimum atomic E-state index is -0.0831. The van der Waals surface area contributed by atoms with Gasteiger partial charge in [-0.3, -0.25) is 9.89 Å². The molecule has 3 rings (SSSR count). The lowest BCUT2D eigenvalue weighted by Crippen LogP contribution is -2.53. The summed E-state index contributed by atoms with van der Waals surface area (Å²) in [4.78, 5) is 6.94. The minimum Gasteiger partial charge on any atom is -0.454 e. The highest BCUT2D eigenvalue weighted by atomic mass is 127. The Kier molecular flexibility index (Phi) is 9.49. The lowest BCUT2D eigenvalue weighted by Gasteiger charge is -2.37. The Hall–Kier alpha value is -1.26. The van der Waals surface area contributed by atoms with Crippen LogP contribution in [0.2, 0.25) is 0 Å². The molecule has 2 heterocycles. The smallest absolute Gasteiger partial charge is 0.231 e. The number of rotatable bonds is 7. The molecule has 1 fully saturated rings. The van der Waals surface area contributed by atoms with Crippen molar-refractivity contribution < 1.29 is 14.2 Å². The highest BCUT2D eigenvalue weighted by Gasteiger charge is 2.26. The monoisotopic (exact) mass is 532 g/mol. The fourth-order valence-corrected chi connectivity index (χ4v) is 3.84. The van der Waals surface area contributed by atoms with Gasteiger partial charge in [0.05, 0.1) is 13.2 Å². The Balaban J connectivity index is 0.00000320. The molecule has 0 amide bonds. The van der Waals surface area contributed by atoms with Crippen LogP contribution in [0.25, 0.3) is 0 Å². The van der Waals surface area contributed by atoms with Crippen LogP contribution in [0.1, 0.15) is 33.3 Å². The molecule has 7 nitrogen and oxygen atoms in total. The molecule has 1 atom stereocenters. The van der Waals surface area contributed by atoms with Crippen molar-refractivity contribution in [3.05, 3.63) is 23.8 Å². The second kappa shape index (κ2) is 11.4. The first-order valence-corrected chi connectivity index (χ1v) is 10.6. The average Bonchev–Trinajstić information content (AvgIpc) is 3.19. The quantitative estimate of drug-likeness (QED) is 0.320. The van der Waals surface area contributed by atoms with Crippen LogP contribution in [0.3, 0.4) is 0 Å². The van der Waals surface area contributed by atoms with E-state index in [2.05, 4.69) is 60.4 Å². The number of guanidine groups is 1. The van der Waals surface area contributed by atoms with E-state index in [0.29, 0.717) is 18.8 Å². The number of halogens is 1. The van der Waals surface area contributed by atoms with Gasteiger partial charge < -0.3 is 24.8 Å². The Morgan fingerprint density at radius 2 is 1.83 bits per heavy atom. The van der Waals surface area contributed by atoms with Gasteiger partial charge in [0, 0.05) is 44.7 Å². The molecule has 2 N–H and O–H groups in total. The number of benzene rings is 1. The first kappa shape index (κ1) is 25.0. The van der Waals surface area contributed by atoms with Gasteiger partial charge in [-0.15, -0.1) is 24.0 Å². The van der Waals surface area contributed by atoms with Crippen molar-refractivity contribution >= 4 is 29.9 Å². The van der Waals surface area contributed by atoms with Crippen LogP contribution in [0.15, 0.2) is 23.2 Å². The predicted molar refractivity (Wildman–Crippen MR) is 131 cm³/mol. The summed E-state index contributed by atoms with van der Waals surface area (Å²) in [5.41, 5.74) is 1.12. The van der Waals surface area contributed by atoms with E-state index < -0.39 is 0 Å². The standard InChI is InChI=1S/C22H36N4O3.HI/c1-16(2)18(26-8-10-27-11-9-26)13-24-21(23-5)25-14-22(3,4)17-6-7-19-20(12-17)29-15-28-19;/h6-7,12,16,18H,8-11,13-15H2,1-5H3,(H2,23,24,25);1H. The van der Waals surface area contributed by atoms with E-state index in [0.717, 1.165) is 56.9 Å². The molecule has 0 aliphatic carbocycles. The molecular weight excluding hydrogens is 495 g/mol. The fourth-order valence-electron chi connectivity index (χ4n) is 3.84. The molecule has 0 bridgehead atoms. The minimum absolute atomic E-state index is 0. The topological polar surface area (TPSA) is 67.4 Å². The largest absolute Gasteiger partial charge is 0.454 e. The van der Waals surface area contributed by atoms with Crippen LogP contribution in [0.5, 0.6) is 11.5 Å². The van der Waals surface area contributed by atoms with Gasteiger partial charge in [-0.05, 0) is 23.6 Å². The summed E-state index contributed by atoms with van der Waals surface area (Å²) in [5, 5.41) is 7.02. The Morgan fingerprint density at radius 1 is 1.13 bits per heavy atom. The number of hydrogen-bond acceptors (Lipinski definition) is 5. The molecule has 1 aromatic carbocycles. The summed E-state index contributed by atoms with van der Waals surface area (Å²) in [7, 11) is 1.82. The summed E-state index contributed by atoms with van der Waals surface area (Å²) in [6.07, 6.45) is 0. The summed E-state index contributed by atoms with van der Waals surface area (Å²) in [5.74, 6) is 3.03. The van der Waals surface area contributed by atoms with Crippen molar-refractivity contribution in [2.45, 2.75) is 39.2 Å². The Bertz CT molecular complexity index is 706. The highest BCUT2D eigenvalue weighted by molar-refractivity contribution is 14.0. The normalized spacial score (nSPS) is 18.1. The molecule has 1 saturated heterocycles. The van der Waals surface area contributed by atoms with Crippen molar-refractivity contribution in [2.24, 2.45) is 10.9 Å². The molecule has 2 aliphatic heterocycles. The van der Waals surface area contributed by atoms with Crippen molar-refractivity contribution in [3.8, 4) is 11.5 Å². The van der Waals surface area contributed by atoms with Gasteiger partial charge >= 0.3 is 0 Å². The fraction of sp³-hybridized carbons (Fsp3) is 0.682. The number of aliphatic imine (C=N–C) groups is 1. The second-order valence-electron chi connectivity index (χ2n) is 8.72. The van der Waals surface area contributed by atoms with Crippen molar-refractivity contribution in [1.29, 1.82) is 0 Å². The van der Waals surface area contributed by atoms with E-state index >= 15 is 0 Å². The lowest BCUT2D eigenvalue weighted by molar-refractivity contribution is 0.00752. The van der Waals surface area contributed by atoms with Gasteiger partial charge in [-0.25, -0.2) is 0 Å². The highest BCUT2D eigenvalue weighted by Crippen LogP contribution is 2.36. The van der Waals surface area contributed by atoms with E-state index in [-0.39, 0.29) is 29.4 Å². The summed E-state index contributed by atoms with van der Waals surface area (Å²) in [6, 6.07) is 6.63. The van der Waals surface area contributed by atoms with E-state index in [1.807, 2.05) is 13.1 Å². The molecule has 0 radical (unpaired) electrons. The zero-order valence-electron chi connectivity index (χ0n) is 18.9. The Labute approximate surface area is 197 Å². The number of morpholine rings is 1. The van der Waals surface area contributed by atoms with Crippen LogP contribution in [0.4, 0.5) is 0 Å². The van der Waals surface area contributed by atoms with E-state index in [1.54, 1.807) is 0 Å². The summed E-state index contributed by atoms with van der Waals surface area (Å²) in [6.45, 7) is 14.5. The van der Waals surface area contributed by atoms with Crippen LogP contribution >= 0.6 is 24.0 Å². The molecular formula is C22H37IN4O3. The third kappa shape index (κ3) is 6.37. The first-order valence-electron chi connectivity index (χ1n) is 10.6. The first-order chi connectivity index (χ1) is 13.9. The van der Waals surface area contributed by atoms with Crippen LogP contribution < -0.4 is 20.1 Å². The number of hydrogen-bond donors (Lipinski definition) is 2. The molecule has 30 heavy (non-hydrogen) atoms. The molecule has 0 saturated carbocycles. The van der Waals surface area contributed by atoms with Crippen LogP contribution in [0, 0.1) is 5.92 Å². The Morgan fingerprint density at radius 3 is 2.50 bits per heavy atom. The van der Waals surface area contributed by atoms with Crippen LogP contribution in [-0.4, -0.2) is 70.1 Å². The summed E-state index contributed by atoms with van der Waals surface area (Å²) < 4.78 is 16.5. The van der Waals surface area contributed by atoms with Gasteiger partial charge in [0.15, 0.2) is 17.5 Å². The third-order valence-electron chi connectivity index (χ3n) is 5.84. The molecule has 1 aromatic rings. The van der Waals surface area contributed by atoms with Gasteiger partial charge in [-0.1, -0.05) is 33.8 Å². The third-order valence-corrected chi connectivity index (χ3v) is 5.84. The predicted octanol–water partition coefficient (Wildman–Crippen LogP) is 2.83. The molecule has 0 spiro atoms. The van der Waals surface area contributed by atoms with Gasteiger partial charge in [-0.2, -0.15) is 0 Å². The van der Waals surface area contributed by atoms with Gasteiger partial charge in [0.2, 0.25) is 6.79 Å². The number of ether oxygens (including phenoxy) is 3. The molecule has 0 aromatic heterocycles. The van der Waals surface area contributed by atoms with E-state index in [1.165, 1.54) is 5.56 Å². The maximum Gasteiger partial charge on any atom is 0.231 e. The van der Waals surface area contributed by atoms with Crippen LogP contribution in [-0.2, 0) is 10.2 Å².